The molecular formula is C23H18O. The average Bonchev–Trinajstić information content (AvgIpc) is 3.01. The highest BCUT2D eigenvalue weighted by molar-refractivity contribution is 6.06. The van der Waals surface area contributed by atoms with Gasteiger partial charge in [-0.3, -0.25) is 0 Å². The smallest absolute Gasteiger partial charge is 0.135 e. The molecule has 0 aliphatic heterocycles. The molecule has 1 nitrogen and oxygen atoms in total. The molecule has 0 spiro atoms. The molecule has 0 fully saturated rings. The van der Waals surface area contributed by atoms with Gasteiger partial charge in [0.25, 0.3) is 0 Å². The summed E-state index contributed by atoms with van der Waals surface area (Å²) in [5.74, 6) is 0. The zero-order chi connectivity index (χ0) is 16.5. The minimum atomic E-state index is 0.927. The van der Waals surface area contributed by atoms with Crippen molar-refractivity contribution in [3.63, 3.8) is 0 Å². The molecule has 1 heterocycles. The van der Waals surface area contributed by atoms with Crippen molar-refractivity contribution >= 4 is 27.5 Å². The Hall–Kier alpha value is -3.06. The van der Waals surface area contributed by atoms with E-state index in [1.54, 1.807) is 0 Å². The van der Waals surface area contributed by atoms with E-state index in [2.05, 4.69) is 61.2 Å². The van der Waals surface area contributed by atoms with Gasteiger partial charge in [0, 0.05) is 10.8 Å². The summed E-state index contributed by atoms with van der Waals surface area (Å²) in [5.41, 5.74) is 6.57. The topological polar surface area (TPSA) is 13.1 Å². The second kappa shape index (κ2) is 5.86. The maximum absolute atomic E-state index is 5.92. The Morgan fingerprint density at radius 3 is 2.46 bits per heavy atom. The molecule has 0 N–H and O–H groups in total. The van der Waals surface area contributed by atoms with Gasteiger partial charge in [0.1, 0.15) is 11.2 Å². The first-order valence-electron chi connectivity index (χ1n) is 8.11. The van der Waals surface area contributed by atoms with Gasteiger partial charge >= 0.3 is 0 Å². The van der Waals surface area contributed by atoms with Crippen LogP contribution in [-0.2, 0) is 0 Å². The molecule has 24 heavy (non-hydrogen) atoms. The van der Waals surface area contributed by atoms with Crippen LogP contribution in [0, 0.1) is 0 Å². The number of allylic oxidation sites excluding steroid dienone is 3. The van der Waals surface area contributed by atoms with E-state index in [4.69, 9.17) is 4.42 Å². The molecule has 0 amide bonds. The molecule has 0 unspecified atom stereocenters. The van der Waals surface area contributed by atoms with Gasteiger partial charge in [-0.1, -0.05) is 61.2 Å². The predicted molar refractivity (Wildman–Crippen MR) is 103 cm³/mol. The highest BCUT2D eigenvalue weighted by Crippen LogP contribution is 2.33. The van der Waals surface area contributed by atoms with Gasteiger partial charge in [0.2, 0.25) is 0 Å². The van der Waals surface area contributed by atoms with Crippen LogP contribution in [0.5, 0.6) is 0 Å². The quantitative estimate of drug-likeness (QED) is 0.377. The van der Waals surface area contributed by atoms with E-state index in [0.29, 0.717) is 0 Å². The normalized spacial score (nSPS) is 12.0. The summed E-state index contributed by atoms with van der Waals surface area (Å²) in [6.07, 6.45) is 3.98. The minimum absolute atomic E-state index is 0.927. The maximum atomic E-state index is 5.92. The third-order valence-corrected chi connectivity index (χ3v) is 4.44. The largest absolute Gasteiger partial charge is 0.456 e. The van der Waals surface area contributed by atoms with Gasteiger partial charge in [0.05, 0.1) is 0 Å². The molecule has 1 aromatic heterocycles. The van der Waals surface area contributed by atoms with Crippen molar-refractivity contribution in [2.75, 3.05) is 0 Å². The minimum Gasteiger partial charge on any atom is -0.456 e. The van der Waals surface area contributed by atoms with E-state index < -0.39 is 0 Å². The number of benzene rings is 3. The van der Waals surface area contributed by atoms with Crippen molar-refractivity contribution in [3.05, 3.63) is 91.0 Å². The second-order valence-corrected chi connectivity index (χ2v) is 5.84. The van der Waals surface area contributed by atoms with Crippen molar-refractivity contribution in [2.45, 2.75) is 6.92 Å². The van der Waals surface area contributed by atoms with Crippen LogP contribution in [-0.4, -0.2) is 0 Å². The summed E-state index contributed by atoms with van der Waals surface area (Å²) in [4.78, 5) is 0. The second-order valence-electron chi connectivity index (χ2n) is 5.84. The van der Waals surface area contributed by atoms with Crippen LogP contribution < -0.4 is 0 Å². The lowest BCUT2D eigenvalue weighted by atomic mass is 9.98. The number of hydrogen-bond acceptors (Lipinski definition) is 1. The fourth-order valence-corrected chi connectivity index (χ4v) is 3.19. The van der Waals surface area contributed by atoms with Crippen LogP contribution in [0.4, 0.5) is 0 Å². The monoisotopic (exact) mass is 310 g/mol. The molecule has 0 aliphatic rings. The molecule has 0 atom stereocenters. The molecule has 4 aromatic rings. The molecule has 3 aromatic carbocycles. The van der Waals surface area contributed by atoms with E-state index in [-0.39, 0.29) is 0 Å². The van der Waals surface area contributed by atoms with Crippen LogP contribution in [0.2, 0.25) is 0 Å². The number of furan rings is 1. The first-order valence-corrected chi connectivity index (χ1v) is 8.11. The molecule has 1 heteroatoms. The molecule has 0 bridgehead atoms. The van der Waals surface area contributed by atoms with Crippen LogP contribution in [0.3, 0.4) is 0 Å². The first kappa shape index (κ1) is 14.5. The molecule has 0 saturated heterocycles. The van der Waals surface area contributed by atoms with Crippen molar-refractivity contribution in [2.24, 2.45) is 0 Å². The fraction of sp³-hybridized carbons (Fsp3) is 0.0435. The van der Waals surface area contributed by atoms with Crippen LogP contribution >= 0.6 is 0 Å². The first-order chi connectivity index (χ1) is 11.8. The zero-order valence-electron chi connectivity index (χ0n) is 13.6. The van der Waals surface area contributed by atoms with Gasteiger partial charge < -0.3 is 4.42 Å². The van der Waals surface area contributed by atoms with Crippen LogP contribution in [0.15, 0.2) is 89.9 Å². The number of rotatable bonds is 3. The lowest BCUT2D eigenvalue weighted by Gasteiger charge is -2.06. The van der Waals surface area contributed by atoms with E-state index in [1.165, 1.54) is 16.7 Å². The van der Waals surface area contributed by atoms with E-state index in [9.17, 15) is 0 Å². The van der Waals surface area contributed by atoms with Crippen LogP contribution in [0.1, 0.15) is 12.5 Å². The Morgan fingerprint density at radius 1 is 0.833 bits per heavy atom. The Labute approximate surface area is 141 Å². The summed E-state index contributed by atoms with van der Waals surface area (Å²) >= 11 is 0. The molecule has 116 valence electrons. The third-order valence-electron chi connectivity index (χ3n) is 4.44. The fourth-order valence-electron chi connectivity index (χ4n) is 3.19. The Morgan fingerprint density at radius 2 is 1.62 bits per heavy atom. The summed E-state index contributed by atoms with van der Waals surface area (Å²) in [5, 5.41) is 2.31. The van der Waals surface area contributed by atoms with E-state index in [0.717, 1.165) is 27.5 Å². The highest BCUT2D eigenvalue weighted by atomic mass is 16.3. The summed E-state index contributed by atoms with van der Waals surface area (Å²) < 4.78 is 5.92. The van der Waals surface area contributed by atoms with Crippen molar-refractivity contribution in [1.82, 2.24) is 0 Å². The molecule has 0 aliphatic carbocycles. The van der Waals surface area contributed by atoms with Crippen molar-refractivity contribution < 1.29 is 4.42 Å². The van der Waals surface area contributed by atoms with Gasteiger partial charge in [-0.2, -0.15) is 0 Å². The number of hydrogen-bond donors (Lipinski definition) is 0. The predicted octanol–water partition coefficient (Wildman–Crippen LogP) is 6.84. The Bertz CT molecular complexity index is 1080. The maximum Gasteiger partial charge on any atom is 0.135 e. The third kappa shape index (κ3) is 2.35. The van der Waals surface area contributed by atoms with Gasteiger partial charge in [-0.15, -0.1) is 0 Å². The standard InChI is InChI=1S/C23H18O/c1-3-16(4-2)17-8-7-9-18(14-17)19-12-13-23-21(15-19)20-10-5-6-11-22(20)24-23/h3-15H,1H2,2H3/b16-4+. The Kier molecular flexibility index (Phi) is 3.55. The highest BCUT2D eigenvalue weighted by Gasteiger charge is 2.08. The lowest BCUT2D eigenvalue weighted by Crippen LogP contribution is -1.83. The summed E-state index contributed by atoms with van der Waals surface area (Å²) in [6, 6.07) is 23.1. The number of para-hydroxylation sites is 1. The lowest BCUT2D eigenvalue weighted by molar-refractivity contribution is 0.669. The van der Waals surface area contributed by atoms with E-state index in [1.807, 2.05) is 31.2 Å². The number of fused-ring (bicyclic) bond motifs is 3. The SMILES string of the molecule is C=C/C(=C\C)c1cccc(-c2ccc3oc4ccccc4c3c2)c1. The Balaban J connectivity index is 1.89. The molecule has 0 radical (unpaired) electrons. The summed E-state index contributed by atoms with van der Waals surface area (Å²) in [7, 11) is 0. The van der Waals surface area contributed by atoms with Crippen molar-refractivity contribution in [3.8, 4) is 11.1 Å². The molecule has 4 rings (SSSR count). The van der Waals surface area contributed by atoms with E-state index >= 15 is 0 Å². The van der Waals surface area contributed by atoms with Crippen molar-refractivity contribution in [1.29, 1.82) is 0 Å². The van der Waals surface area contributed by atoms with Crippen LogP contribution in [0.25, 0.3) is 38.6 Å². The average molecular weight is 310 g/mol. The van der Waals surface area contributed by atoms with Gasteiger partial charge in [-0.05, 0) is 53.5 Å². The van der Waals surface area contributed by atoms with Gasteiger partial charge in [-0.25, -0.2) is 0 Å². The molecular weight excluding hydrogens is 292 g/mol. The van der Waals surface area contributed by atoms with Gasteiger partial charge in [0.15, 0.2) is 0 Å². The zero-order valence-corrected chi connectivity index (χ0v) is 13.6. The summed E-state index contributed by atoms with van der Waals surface area (Å²) in [6.45, 7) is 5.93. The molecule has 0 saturated carbocycles.